The van der Waals surface area contributed by atoms with Crippen molar-refractivity contribution >= 4 is 35.1 Å². The third kappa shape index (κ3) is 11.5. The molecule has 0 heterocycles. The fourth-order valence-corrected chi connectivity index (χ4v) is 3.73. The molecule has 0 aliphatic carbocycles. The summed E-state index contributed by atoms with van der Waals surface area (Å²) in [6.07, 6.45) is 11.3. The van der Waals surface area contributed by atoms with Crippen LogP contribution in [0.3, 0.4) is 0 Å². The summed E-state index contributed by atoms with van der Waals surface area (Å²) in [5.41, 5.74) is 2.84. The summed E-state index contributed by atoms with van der Waals surface area (Å²) in [5.74, 6) is -1.46. The zero-order chi connectivity index (χ0) is 25.3. The van der Waals surface area contributed by atoms with Crippen LogP contribution in [0.5, 0.6) is 0 Å². The molecule has 6 heteroatoms. The van der Waals surface area contributed by atoms with Gasteiger partial charge in [-0.25, -0.2) is 0 Å². The van der Waals surface area contributed by atoms with Crippen molar-refractivity contribution in [3.8, 4) is 0 Å². The van der Waals surface area contributed by atoms with Crippen LogP contribution in [0.25, 0.3) is 11.6 Å². The first-order chi connectivity index (χ1) is 17.0. The Morgan fingerprint density at radius 2 is 1.43 bits per heavy atom. The van der Waals surface area contributed by atoms with E-state index in [1.54, 1.807) is 12.1 Å². The standard InChI is InChI=1S/C29H38N2O4/c1-2-3-4-5-6-7-8-12-21-30-29(35)26(24-13-10-9-11-14-24)22-23-15-17-25(18-16-23)31-27(32)19-20-28(33)34/h9-11,13-18,22H,2-8,12,19-21H2,1H3,(H,30,35)(H,31,32)(H,33,34). The third-order valence-corrected chi connectivity index (χ3v) is 5.72. The van der Waals surface area contributed by atoms with Gasteiger partial charge in [0.05, 0.1) is 6.42 Å². The lowest BCUT2D eigenvalue weighted by molar-refractivity contribution is -0.138. The number of carbonyl (C=O) groups is 3. The van der Waals surface area contributed by atoms with Crippen LogP contribution in [-0.4, -0.2) is 29.4 Å². The molecule has 0 radical (unpaired) electrons. The maximum atomic E-state index is 13.0. The highest BCUT2D eigenvalue weighted by Gasteiger charge is 2.12. The van der Waals surface area contributed by atoms with Gasteiger partial charge in [-0.15, -0.1) is 0 Å². The van der Waals surface area contributed by atoms with Crippen molar-refractivity contribution in [3.05, 3.63) is 65.7 Å². The molecule has 2 aromatic rings. The number of unbranched alkanes of at least 4 members (excludes halogenated alkanes) is 7. The van der Waals surface area contributed by atoms with Gasteiger partial charge in [0.25, 0.3) is 5.91 Å². The highest BCUT2D eigenvalue weighted by molar-refractivity contribution is 6.24. The van der Waals surface area contributed by atoms with Crippen molar-refractivity contribution in [2.24, 2.45) is 0 Å². The Hall–Kier alpha value is -3.41. The van der Waals surface area contributed by atoms with Gasteiger partial charge in [0, 0.05) is 24.2 Å². The molecular formula is C29H38N2O4. The maximum Gasteiger partial charge on any atom is 0.303 e. The molecule has 0 saturated heterocycles. The topological polar surface area (TPSA) is 95.5 Å². The van der Waals surface area contributed by atoms with Gasteiger partial charge in [-0.2, -0.15) is 0 Å². The molecule has 3 N–H and O–H groups in total. The fraction of sp³-hybridized carbons (Fsp3) is 0.414. The minimum Gasteiger partial charge on any atom is -0.481 e. The second-order valence-electron chi connectivity index (χ2n) is 8.72. The monoisotopic (exact) mass is 478 g/mol. The van der Waals surface area contributed by atoms with E-state index in [0.717, 1.165) is 24.0 Å². The molecule has 0 unspecified atom stereocenters. The summed E-state index contributed by atoms with van der Waals surface area (Å²) in [5, 5.41) is 14.4. The predicted octanol–water partition coefficient (Wildman–Crippen LogP) is 6.29. The van der Waals surface area contributed by atoms with Gasteiger partial charge in [-0.3, -0.25) is 14.4 Å². The number of rotatable bonds is 16. The number of carboxylic acid groups (broad SMARTS) is 1. The number of nitrogens with one attached hydrogen (secondary N) is 2. The van der Waals surface area contributed by atoms with Crippen LogP contribution in [0, 0.1) is 0 Å². The lowest BCUT2D eigenvalue weighted by atomic mass is 10.0. The zero-order valence-corrected chi connectivity index (χ0v) is 20.7. The number of aliphatic carboxylic acids is 1. The highest BCUT2D eigenvalue weighted by atomic mass is 16.4. The van der Waals surface area contributed by atoms with Crippen molar-refractivity contribution < 1.29 is 19.5 Å². The number of hydrogen-bond acceptors (Lipinski definition) is 3. The van der Waals surface area contributed by atoms with Crippen molar-refractivity contribution in [2.75, 3.05) is 11.9 Å². The molecule has 0 spiro atoms. The Labute approximate surface area is 208 Å². The van der Waals surface area contributed by atoms with Gasteiger partial charge in [0.15, 0.2) is 0 Å². The van der Waals surface area contributed by atoms with Gasteiger partial charge >= 0.3 is 5.97 Å². The SMILES string of the molecule is CCCCCCCCCCNC(=O)C(=Cc1ccc(NC(=O)CCC(=O)O)cc1)c1ccccc1. The molecule has 0 aliphatic rings. The van der Waals surface area contributed by atoms with Crippen molar-refractivity contribution in [1.29, 1.82) is 0 Å². The van der Waals surface area contributed by atoms with Crippen LogP contribution < -0.4 is 10.6 Å². The number of hydrogen-bond donors (Lipinski definition) is 3. The van der Waals surface area contributed by atoms with Crippen LogP contribution >= 0.6 is 0 Å². The molecule has 0 aliphatic heterocycles. The molecule has 6 nitrogen and oxygen atoms in total. The minimum atomic E-state index is -1.00. The molecule has 0 fully saturated rings. The van der Waals surface area contributed by atoms with Gasteiger partial charge in [-0.05, 0) is 35.8 Å². The minimum absolute atomic E-state index is 0.0752. The molecule has 2 rings (SSSR count). The molecule has 2 amide bonds. The van der Waals surface area contributed by atoms with E-state index in [1.807, 2.05) is 48.5 Å². The summed E-state index contributed by atoms with van der Waals surface area (Å²) in [6.45, 7) is 2.88. The smallest absolute Gasteiger partial charge is 0.303 e. The maximum absolute atomic E-state index is 13.0. The van der Waals surface area contributed by atoms with Crippen LogP contribution in [0.15, 0.2) is 54.6 Å². The highest BCUT2D eigenvalue weighted by Crippen LogP contribution is 2.20. The van der Waals surface area contributed by atoms with E-state index in [-0.39, 0.29) is 24.7 Å². The largest absolute Gasteiger partial charge is 0.481 e. The van der Waals surface area contributed by atoms with Gasteiger partial charge in [-0.1, -0.05) is 94.3 Å². The van der Waals surface area contributed by atoms with E-state index in [9.17, 15) is 14.4 Å². The first-order valence-corrected chi connectivity index (χ1v) is 12.7. The van der Waals surface area contributed by atoms with Crippen LogP contribution in [0.4, 0.5) is 5.69 Å². The lowest BCUT2D eigenvalue weighted by Gasteiger charge is -2.10. The van der Waals surface area contributed by atoms with Gasteiger partial charge in [0.2, 0.25) is 5.91 Å². The number of carbonyl (C=O) groups excluding carboxylic acids is 2. The van der Waals surface area contributed by atoms with E-state index < -0.39 is 5.97 Å². The summed E-state index contributed by atoms with van der Waals surface area (Å²) in [6, 6.07) is 16.7. The second-order valence-corrected chi connectivity index (χ2v) is 8.72. The molecule has 0 bridgehead atoms. The first-order valence-electron chi connectivity index (χ1n) is 12.7. The van der Waals surface area contributed by atoms with E-state index in [1.165, 1.54) is 38.5 Å². The summed E-state index contributed by atoms with van der Waals surface area (Å²) >= 11 is 0. The summed E-state index contributed by atoms with van der Waals surface area (Å²) < 4.78 is 0. The predicted molar refractivity (Wildman–Crippen MR) is 142 cm³/mol. The third-order valence-electron chi connectivity index (χ3n) is 5.72. The van der Waals surface area contributed by atoms with Gasteiger partial charge in [0.1, 0.15) is 0 Å². The van der Waals surface area contributed by atoms with Crippen molar-refractivity contribution in [2.45, 2.75) is 71.1 Å². The summed E-state index contributed by atoms with van der Waals surface area (Å²) in [7, 11) is 0. The van der Waals surface area contributed by atoms with E-state index in [0.29, 0.717) is 17.8 Å². The van der Waals surface area contributed by atoms with Gasteiger partial charge < -0.3 is 15.7 Å². The molecule has 0 atom stereocenters. The molecule has 0 aromatic heterocycles. The zero-order valence-electron chi connectivity index (χ0n) is 20.7. The molecule has 0 saturated carbocycles. The fourth-order valence-electron chi connectivity index (χ4n) is 3.73. The Kier molecular flexibility index (Phi) is 12.9. The number of anilines is 1. The average molecular weight is 479 g/mol. The Balaban J connectivity index is 1.94. The second kappa shape index (κ2) is 16.3. The van der Waals surface area contributed by atoms with Crippen LogP contribution in [-0.2, 0) is 14.4 Å². The number of amides is 2. The van der Waals surface area contributed by atoms with Crippen LogP contribution in [0.1, 0.15) is 82.3 Å². The molecule has 188 valence electrons. The Bertz CT molecular complexity index is 952. The number of benzene rings is 2. The summed E-state index contributed by atoms with van der Waals surface area (Å²) in [4.78, 5) is 35.5. The average Bonchev–Trinajstić information content (AvgIpc) is 2.86. The lowest BCUT2D eigenvalue weighted by Crippen LogP contribution is -2.25. The van der Waals surface area contributed by atoms with E-state index in [4.69, 9.17) is 5.11 Å². The van der Waals surface area contributed by atoms with E-state index in [2.05, 4.69) is 17.6 Å². The first kappa shape index (κ1) is 27.8. The molecule has 35 heavy (non-hydrogen) atoms. The van der Waals surface area contributed by atoms with E-state index >= 15 is 0 Å². The number of carboxylic acids is 1. The molecular weight excluding hydrogens is 440 g/mol. The quantitative estimate of drug-likeness (QED) is 0.150. The van der Waals surface area contributed by atoms with Crippen LogP contribution in [0.2, 0.25) is 0 Å². The Morgan fingerprint density at radius 3 is 2.06 bits per heavy atom. The Morgan fingerprint density at radius 1 is 0.800 bits per heavy atom. The van der Waals surface area contributed by atoms with Crippen molar-refractivity contribution in [3.63, 3.8) is 0 Å². The van der Waals surface area contributed by atoms with Crippen molar-refractivity contribution in [1.82, 2.24) is 5.32 Å². The normalized spacial score (nSPS) is 11.2. The molecule has 2 aromatic carbocycles.